The first-order valence-electron chi connectivity index (χ1n) is 8.63. The van der Waals surface area contributed by atoms with Gasteiger partial charge in [0.25, 0.3) is 0 Å². The molecule has 1 heterocycles. The third-order valence-corrected chi connectivity index (χ3v) is 4.31. The van der Waals surface area contributed by atoms with Crippen LogP contribution >= 0.6 is 0 Å². The lowest BCUT2D eigenvalue weighted by Gasteiger charge is -2.20. The van der Waals surface area contributed by atoms with Crippen LogP contribution < -0.4 is 5.32 Å². The van der Waals surface area contributed by atoms with E-state index in [0.29, 0.717) is 25.8 Å². The summed E-state index contributed by atoms with van der Waals surface area (Å²) in [6.07, 6.45) is 0.663. The average molecular weight is 326 g/mol. The fourth-order valence-corrected chi connectivity index (χ4v) is 3.12. The zero-order valence-corrected chi connectivity index (χ0v) is 14.0. The average Bonchev–Trinajstić information content (AvgIpc) is 3.03. The van der Waals surface area contributed by atoms with Crippen LogP contribution in [-0.4, -0.2) is 48.4 Å². The molecule has 1 aliphatic heterocycles. The molecule has 1 saturated heterocycles. The van der Waals surface area contributed by atoms with Gasteiger partial charge in [0.1, 0.15) is 0 Å². The summed E-state index contributed by atoms with van der Waals surface area (Å²) in [6, 6.07) is 20.8. The van der Waals surface area contributed by atoms with E-state index in [1.807, 2.05) is 48.5 Å². The van der Waals surface area contributed by atoms with Crippen molar-refractivity contribution in [3.8, 4) is 0 Å². The van der Waals surface area contributed by atoms with Gasteiger partial charge in [-0.15, -0.1) is 0 Å². The van der Waals surface area contributed by atoms with E-state index in [0.717, 1.165) is 30.8 Å². The minimum Gasteiger partial charge on any atom is -0.389 e. The van der Waals surface area contributed by atoms with Crippen molar-refractivity contribution in [2.75, 3.05) is 31.6 Å². The molecular formula is C20H26N2O2. The first-order valence-corrected chi connectivity index (χ1v) is 8.63. The van der Waals surface area contributed by atoms with Gasteiger partial charge in [0.05, 0.1) is 19.3 Å². The monoisotopic (exact) mass is 326 g/mol. The summed E-state index contributed by atoms with van der Waals surface area (Å²) >= 11 is 0. The Hall–Kier alpha value is -1.88. The highest BCUT2D eigenvalue weighted by atomic mass is 16.5. The van der Waals surface area contributed by atoms with E-state index in [9.17, 15) is 5.11 Å². The zero-order chi connectivity index (χ0) is 16.6. The topological polar surface area (TPSA) is 44.7 Å². The van der Waals surface area contributed by atoms with Gasteiger partial charge in [-0.1, -0.05) is 48.5 Å². The molecule has 0 bridgehead atoms. The van der Waals surface area contributed by atoms with Crippen LogP contribution in [0.3, 0.4) is 0 Å². The van der Waals surface area contributed by atoms with E-state index < -0.39 is 6.10 Å². The third kappa shape index (κ3) is 5.34. The molecular weight excluding hydrogens is 300 g/mol. The fraction of sp³-hybridized carbons (Fsp3) is 0.400. The lowest BCUT2D eigenvalue weighted by Crippen LogP contribution is -2.35. The van der Waals surface area contributed by atoms with Crippen molar-refractivity contribution >= 4 is 5.69 Å². The Kier molecular flexibility index (Phi) is 6.24. The SMILES string of the molecule is OC(COCc1ccccc1)CN1CCC(Nc2ccccc2)C1. The van der Waals surface area contributed by atoms with Crippen LogP contribution in [0.15, 0.2) is 60.7 Å². The number of nitrogens with one attached hydrogen (secondary N) is 1. The number of ether oxygens (including phenoxy) is 1. The highest BCUT2D eigenvalue weighted by Gasteiger charge is 2.23. The molecule has 0 aromatic heterocycles. The number of anilines is 1. The summed E-state index contributed by atoms with van der Waals surface area (Å²) in [5, 5.41) is 13.7. The Balaban J connectivity index is 1.34. The second-order valence-corrected chi connectivity index (χ2v) is 6.41. The smallest absolute Gasteiger partial charge is 0.0900 e. The van der Waals surface area contributed by atoms with Gasteiger partial charge < -0.3 is 15.2 Å². The Morgan fingerprint density at radius 1 is 1.08 bits per heavy atom. The van der Waals surface area contributed by atoms with Crippen molar-refractivity contribution < 1.29 is 9.84 Å². The van der Waals surface area contributed by atoms with Gasteiger partial charge in [-0.25, -0.2) is 0 Å². The molecule has 4 heteroatoms. The highest BCUT2D eigenvalue weighted by molar-refractivity contribution is 5.43. The van der Waals surface area contributed by atoms with E-state index in [2.05, 4.69) is 22.3 Å². The van der Waals surface area contributed by atoms with Gasteiger partial charge in [-0.05, 0) is 24.1 Å². The molecule has 2 unspecified atom stereocenters. The van der Waals surface area contributed by atoms with Crippen molar-refractivity contribution in [2.24, 2.45) is 0 Å². The van der Waals surface area contributed by atoms with Crippen LogP contribution in [0.1, 0.15) is 12.0 Å². The van der Waals surface area contributed by atoms with Crippen molar-refractivity contribution in [1.82, 2.24) is 4.90 Å². The lowest BCUT2D eigenvalue weighted by molar-refractivity contribution is 0.0133. The molecule has 2 aromatic rings. The molecule has 24 heavy (non-hydrogen) atoms. The maximum Gasteiger partial charge on any atom is 0.0900 e. The maximum absolute atomic E-state index is 10.2. The predicted octanol–water partition coefficient (Wildman–Crippen LogP) is 2.75. The zero-order valence-electron chi connectivity index (χ0n) is 14.0. The number of para-hydroxylation sites is 1. The number of nitrogens with zero attached hydrogens (tertiary/aromatic N) is 1. The number of aliphatic hydroxyl groups excluding tert-OH is 1. The number of likely N-dealkylation sites (tertiary alicyclic amines) is 1. The number of aliphatic hydroxyl groups is 1. The number of hydrogen-bond donors (Lipinski definition) is 2. The van der Waals surface area contributed by atoms with Gasteiger partial charge in [0, 0.05) is 31.4 Å². The number of β-amino-alcohol motifs (C(OH)–C–C–N with tert-alkyl or cyclic N) is 1. The first kappa shape index (κ1) is 17.0. The van der Waals surface area contributed by atoms with E-state index >= 15 is 0 Å². The normalized spacial score (nSPS) is 19.3. The Labute approximate surface area is 144 Å². The fourth-order valence-electron chi connectivity index (χ4n) is 3.12. The second-order valence-electron chi connectivity index (χ2n) is 6.41. The second kappa shape index (κ2) is 8.83. The molecule has 2 N–H and O–H groups in total. The molecule has 0 radical (unpaired) electrons. The van der Waals surface area contributed by atoms with Gasteiger partial charge in [-0.2, -0.15) is 0 Å². The Bertz CT molecular complexity index is 591. The molecule has 0 aliphatic carbocycles. The van der Waals surface area contributed by atoms with Gasteiger partial charge >= 0.3 is 0 Å². The summed E-state index contributed by atoms with van der Waals surface area (Å²) in [7, 11) is 0. The molecule has 0 spiro atoms. The predicted molar refractivity (Wildman–Crippen MR) is 97.0 cm³/mol. The van der Waals surface area contributed by atoms with Crippen molar-refractivity contribution in [2.45, 2.75) is 25.2 Å². The Morgan fingerprint density at radius 3 is 2.54 bits per heavy atom. The lowest BCUT2D eigenvalue weighted by atomic mass is 10.2. The van der Waals surface area contributed by atoms with E-state index in [-0.39, 0.29) is 0 Å². The molecule has 2 atom stereocenters. The third-order valence-electron chi connectivity index (χ3n) is 4.31. The molecule has 1 aliphatic rings. The molecule has 4 nitrogen and oxygen atoms in total. The van der Waals surface area contributed by atoms with Crippen molar-refractivity contribution in [1.29, 1.82) is 0 Å². The van der Waals surface area contributed by atoms with E-state index in [1.54, 1.807) is 0 Å². The van der Waals surface area contributed by atoms with Gasteiger partial charge in [0.2, 0.25) is 0 Å². The van der Waals surface area contributed by atoms with Crippen LogP contribution in [0, 0.1) is 0 Å². The summed E-state index contributed by atoms with van der Waals surface area (Å²) in [5.74, 6) is 0. The van der Waals surface area contributed by atoms with Crippen LogP contribution in [0.25, 0.3) is 0 Å². The molecule has 0 amide bonds. The number of hydrogen-bond acceptors (Lipinski definition) is 4. The van der Waals surface area contributed by atoms with Crippen molar-refractivity contribution in [3.05, 3.63) is 66.2 Å². The molecule has 128 valence electrons. The van der Waals surface area contributed by atoms with E-state index in [4.69, 9.17) is 4.74 Å². The molecule has 3 rings (SSSR count). The number of benzene rings is 2. The van der Waals surface area contributed by atoms with Gasteiger partial charge in [0.15, 0.2) is 0 Å². The summed E-state index contributed by atoms with van der Waals surface area (Å²) in [5.41, 5.74) is 2.30. The molecule has 1 fully saturated rings. The van der Waals surface area contributed by atoms with Gasteiger partial charge in [-0.3, -0.25) is 4.90 Å². The first-order chi connectivity index (χ1) is 11.8. The van der Waals surface area contributed by atoms with Crippen LogP contribution in [0.2, 0.25) is 0 Å². The summed E-state index contributed by atoms with van der Waals surface area (Å²) in [6.45, 7) is 3.57. The minimum atomic E-state index is -0.441. The quantitative estimate of drug-likeness (QED) is 0.783. The summed E-state index contributed by atoms with van der Waals surface area (Å²) in [4.78, 5) is 2.30. The van der Waals surface area contributed by atoms with Crippen molar-refractivity contribution in [3.63, 3.8) is 0 Å². The standard InChI is InChI=1S/C20H26N2O2/c23-20(16-24-15-17-7-3-1-4-8-17)14-22-12-11-19(13-22)21-18-9-5-2-6-10-18/h1-10,19-21,23H,11-16H2. The minimum absolute atomic E-state index is 0.377. The van der Waals surface area contributed by atoms with Crippen LogP contribution in [0.4, 0.5) is 5.69 Å². The highest BCUT2D eigenvalue weighted by Crippen LogP contribution is 2.16. The number of rotatable bonds is 8. The van der Waals surface area contributed by atoms with Crippen LogP contribution in [0.5, 0.6) is 0 Å². The molecule has 0 saturated carbocycles. The largest absolute Gasteiger partial charge is 0.389 e. The van der Waals surface area contributed by atoms with Crippen LogP contribution in [-0.2, 0) is 11.3 Å². The summed E-state index contributed by atoms with van der Waals surface area (Å²) < 4.78 is 5.62. The Morgan fingerprint density at radius 2 is 1.79 bits per heavy atom. The molecule has 2 aromatic carbocycles. The van der Waals surface area contributed by atoms with E-state index in [1.165, 1.54) is 0 Å². The maximum atomic E-state index is 10.2.